The lowest BCUT2D eigenvalue weighted by Gasteiger charge is -2.05. The zero-order chi connectivity index (χ0) is 12.5. The van der Waals surface area contributed by atoms with E-state index in [1.165, 1.54) is 5.57 Å². The maximum absolute atomic E-state index is 4.31. The smallest absolute Gasteiger partial charge is 0.138 e. The van der Waals surface area contributed by atoms with Gasteiger partial charge in [-0.2, -0.15) is 5.10 Å². The summed E-state index contributed by atoms with van der Waals surface area (Å²) < 4.78 is 2.00. The van der Waals surface area contributed by atoms with E-state index in [9.17, 15) is 0 Å². The summed E-state index contributed by atoms with van der Waals surface area (Å²) in [5, 5.41) is 7.55. The van der Waals surface area contributed by atoms with E-state index in [1.807, 2.05) is 4.68 Å². The number of allylic oxidation sites excluding steroid dienone is 1. The molecule has 1 aromatic rings. The number of hydrogen-bond donors (Lipinski definition) is 1. The van der Waals surface area contributed by atoms with Gasteiger partial charge in [0.1, 0.15) is 12.2 Å². The van der Waals surface area contributed by atoms with Crippen molar-refractivity contribution in [2.45, 2.75) is 46.6 Å². The van der Waals surface area contributed by atoms with E-state index in [0.717, 1.165) is 44.7 Å². The molecule has 0 aliphatic rings. The van der Waals surface area contributed by atoms with E-state index in [0.29, 0.717) is 0 Å². The van der Waals surface area contributed by atoms with Crippen molar-refractivity contribution >= 4 is 0 Å². The molecule has 1 heterocycles. The predicted octanol–water partition coefficient (Wildman–Crippen LogP) is 2.18. The summed E-state index contributed by atoms with van der Waals surface area (Å²) in [5.41, 5.74) is 1.37. The third-order valence-corrected chi connectivity index (χ3v) is 2.63. The van der Waals surface area contributed by atoms with Gasteiger partial charge in [0.2, 0.25) is 0 Å². The third kappa shape index (κ3) is 5.13. The van der Waals surface area contributed by atoms with Crippen molar-refractivity contribution < 1.29 is 0 Å². The summed E-state index contributed by atoms with van der Waals surface area (Å²) in [6.07, 6.45) is 7.03. The molecule has 0 aliphatic heterocycles. The lowest BCUT2D eigenvalue weighted by molar-refractivity contribution is 0.574. The van der Waals surface area contributed by atoms with Crippen LogP contribution >= 0.6 is 0 Å². The van der Waals surface area contributed by atoms with E-state index in [4.69, 9.17) is 0 Å². The Hall–Kier alpha value is -1.16. The fraction of sp³-hybridized carbons (Fsp3) is 0.692. The van der Waals surface area contributed by atoms with Crippen LogP contribution in [0.25, 0.3) is 0 Å². The molecule has 4 nitrogen and oxygen atoms in total. The van der Waals surface area contributed by atoms with Gasteiger partial charge in [-0.3, -0.25) is 0 Å². The molecule has 0 amide bonds. The number of nitrogens with zero attached hydrogens (tertiary/aromatic N) is 3. The summed E-state index contributed by atoms with van der Waals surface area (Å²) in [6.45, 7) is 9.50. The van der Waals surface area contributed by atoms with Crippen molar-refractivity contribution in [1.82, 2.24) is 20.1 Å². The molecule has 0 aliphatic carbocycles. The van der Waals surface area contributed by atoms with Crippen molar-refractivity contribution in [2.75, 3.05) is 13.1 Å². The first-order valence-corrected chi connectivity index (χ1v) is 6.51. The Balaban J connectivity index is 2.43. The Morgan fingerprint density at radius 1 is 1.47 bits per heavy atom. The third-order valence-electron chi connectivity index (χ3n) is 2.63. The summed E-state index contributed by atoms with van der Waals surface area (Å²) in [7, 11) is 0. The molecule has 0 aromatic carbocycles. The normalized spacial score (nSPS) is 12.1. The highest BCUT2D eigenvalue weighted by Gasteiger charge is 2.03. The number of aromatic nitrogens is 3. The SMILES string of the molecule is CCCn1ncnc1CC(C)=CCCNCC. The van der Waals surface area contributed by atoms with Crippen LogP contribution in [0.15, 0.2) is 18.0 Å². The number of nitrogens with one attached hydrogen (secondary N) is 1. The molecule has 1 N–H and O–H groups in total. The largest absolute Gasteiger partial charge is 0.317 e. The van der Waals surface area contributed by atoms with Gasteiger partial charge in [-0.1, -0.05) is 25.5 Å². The van der Waals surface area contributed by atoms with Crippen molar-refractivity contribution in [2.24, 2.45) is 0 Å². The molecule has 0 bridgehead atoms. The van der Waals surface area contributed by atoms with Gasteiger partial charge in [-0.15, -0.1) is 0 Å². The van der Waals surface area contributed by atoms with E-state index < -0.39 is 0 Å². The van der Waals surface area contributed by atoms with Crippen molar-refractivity contribution in [3.63, 3.8) is 0 Å². The molecule has 0 atom stereocenters. The second-order valence-corrected chi connectivity index (χ2v) is 4.27. The molecule has 1 rings (SSSR count). The number of rotatable bonds is 8. The Labute approximate surface area is 104 Å². The van der Waals surface area contributed by atoms with Crippen molar-refractivity contribution in [3.8, 4) is 0 Å². The average Bonchev–Trinajstić information content (AvgIpc) is 2.73. The minimum atomic E-state index is 0.909. The highest BCUT2D eigenvalue weighted by Crippen LogP contribution is 2.06. The molecule has 96 valence electrons. The first-order valence-electron chi connectivity index (χ1n) is 6.51. The summed E-state index contributed by atoms with van der Waals surface area (Å²) in [4.78, 5) is 4.31. The summed E-state index contributed by atoms with van der Waals surface area (Å²) >= 11 is 0. The standard InChI is InChI=1S/C13H24N4/c1-4-9-17-13(15-11-16-17)10-12(3)7-6-8-14-5-2/h7,11,14H,4-6,8-10H2,1-3H3. The Morgan fingerprint density at radius 3 is 3.00 bits per heavy atom. The Kier molecular flexibility index (Phi) is 6.55. The molecule has 0 saturated carbocycles. The van der Waals surface area contributed by atoms with Crippen LogP contribution in [0.2, 0.25) is 0 Å². The predicted molar refractivity (Wildman–Crippen MR) is 70.9 cm³/mol. The molecule has 0 unspecified atom stereocenters. The van der Waals surface area contributed by atoms with Crippen LogP contribution in [0, 0.1) is 0 Å². The Bertz CT molecular complexity index is 341. The average molecular weight is 236 g/mol. The highest BCUT2D eigenvalue weighted by molar-refractivity contribution is 5.06. The first kappa shape index (κ1) is 13.9. The first-order chi connectivity index (χ1) is 8.27. The van der Waals surface area contributed by atoms with Gasteiger partial charge in [0, 0.05) is 13.0 Å². The number of hydrogen-bond acceptors (Lipinski definition) is 3. The lowest BCUT2D eigenvalue weighted by Crippen LogP contribution is -2.13. The molecule has 0 fully saturated rings. The van der Waals surface area contributed by atoms with Crippen LogP contribution in [0.5, 0.6) is 0 Å². The van der Waals surface area contributed by atoms with E-state index in [-0.39, 0.29) is 0 Å². The fourth-order valence-corrected chi connectivity index (χ4v) is 1.74. The fourth-order valence-electron chi connectivity index (χ4n) is 1.74. The van der Waals surface area contributed by atoms with E-state index >= 15 is 0 Å². The van der Waals surface area contributed by atoms with Gasteiger partial charge in [0.05, 0.1) is 0 Å². The zero-order valence-electron chi connectivity index (χ0n) is 11.2. The minimum absolute atomic E-state index is 0.909. The molecular weight excluding hydrogens is 212 g/mol. The molecule has 0 radical (unpaired) electrons. The molecule has 4 heteroatoms. The maximum Gasteiger partial charge on any atom is 0.138 e. The topological polar surface area (TPSA) is 42.7 Å². The van der Waals surface area contributed by atoms with Crippen LogP contribution in [0.4, 0.5) is 0 Å². The van der Waals surface area contributed by atoms with Gasteiger partial charge in [0.25, 0.3) is 0 Å². The zero-order valence-corrected chi connectivity index (χ0v) is 11.2. The summed E-state index contributed by atoms with van der Waals surface area (Å²) in [5.74, 6) is 1.07. The van der Waals surface area contributed by atoms with Gasteiger partial charge in [0.15, 0.2) is 0 Å². The molecule has 1 aromatic heterocycles. The molecular formula is C13H24N4. The van der Waals surface area contributed by atoms with E-state index in [2.05, 4.69) is 42.2 Å². The highest BCUT2D eigenvalue weighted by atomic mass is 15.3. The second kappa shape index (κ2) is 8.01. The van der Waals surface area contributed by atoms with Crippen LogP contribution < -0.4 is 5.32 Å². The van der Waals surface area contributed by atoms with E-state index in [1.54, 1.807) is 6.33 Å². The monoisotopic (exact) mass is 236 g/mol. The van der Waals surface area contributed by atoms with Crippen LogP contribution in [0.1, 0.15) is 39.4 Å². The van der Waals surface area contributed by atoms with Crippen LogP contribution in [-0.4, -0.2) is 27.9 Å². The van der Waals surface area contributed by atoms with Crippen molar-refractivity contribution in [3.05, 3.63) is 23.8 Å². The molecule has 0 saturated heterocycles. The maximum atomic E-state index is 4.31. The number of aryl methyl sites for hydroxylation is 1. The van der Waals surface area contributed by atoms with Gasteiger partial charge in [-0.05, 0) is 32.9 Å². The summed E-state index contributed by atoms with van der Waals surface area (Å²) in [6, 6.07) is 0. The van der Waals surface area contributed by atoms with Crippen LogP contribution in [0.3, 0.4) is 0 Å². The second-order valence-electron chi connectivity index (χ2n) is 4.27. The Morgan fingerprint density at radius 2 is 2.29 bits per heavy atom. The van der Waals surface area contributed by atoms with Gasteiger partial charge in [-0.25, -0.2) is 9.67 Å². The van der Waals surface area contributed by atoms with Crippen LogP contribution in [-0.2, 0) is 13.0 Å². The van der Waals surface area contributed by atoms with Gasteiger partial charge < -0.3 is 5.32 Å². The molecule has 0 spiro atoms. The minimum Gasteiger partial charge on any atom is -0.317 e. The lowest BCUT2D eigenvalue weighted by atomic mass is 10.1. The molecule has 17 heavy (non-hydrogen) atoms. The van der Waals surface area contributed by atoms with Crippen molar-refractivity contribution in [1.29, 1.82) is 0 Å². The quantitative estimate of drug-likeness (QED) is 0.555. The van der Waals surface area contributed by atoms with Gasteiger partial charge >= 0.3 is 0 Å².